The zero-order chi connectivity index (χ0) is 24.1. The van der Waals surface area contributed by atoms with Crippen molar-refractivity contribution in [3.05, 3.63) is 44.6 Å². The highest BCUT2D eigenvalue weighted by atomic mass is 35.5. The predicted octanol–water partition coefficient (Wildman–Crippen LogP) is 3.26. The molecule has 33 heavy (non-hydrogen) atoms. The smallest absolute Gasteiger partial charge is 0.261 e. The van der Waals surface area contributed by atoms with Gasteiger partial charge in [0.2, 0.25) is 11.8 Å². The Hall–Kier alpha value is -2.78. The lowest BCUT2D eigenvalue weighted by molar-refractivity contribution is -0.131. The second kappa shape index (κ2) is 10.9. The summed E-state index contributed by atoms with van der Waals surface area (Å²) < 4.78 is 10.6. The third-order valence-electron chi connectivity index (χ3n) is 5.99. The standard InChI is InChI=1S/C23H28ClN3O5S/c1-27(19(28)11-13-4-9-17(31-2)21(32-3)20(13)24)16-7-5-15(6-8-16)26-23(30)18-10-14(12-33-18)22(25)29/h4,9-10,12,15-16H,5-8,11H2,1-3H3,(H2,25,29)(H,26,30). The molecule has 1 aliphatic rings. The van der Waals surface area contributed by atoms with Crippen molar-refractivity contribution < 1.29 is 23.9 Å². The zero-order valence-electron chi connectivity index (χ0n) is 18.9. The number of benzene rings is 1. The van der Waals surface area contributed by atoms with E-state index in [0.717, 1.165) is 25.7 Å². The van der Waals surface area contributed by atoms with Crippen LogP contribution in [0.15, 0.2) is 23.6 Å². The number of nitrogens with zero attached hydrogens (tertiary/aromatic N) is 1. The molecule has 178 valence electrons. The molecule has 1 aromatic heterocycles. The predicted molar refractivity (Wildman–Crippen MR) is 127 cm³/mol. The summed E-state index contributed by atoms with van der Waals surface area (Å²) in [5.41, 5.74) is 6.26. The lowest BCUT2D eigenvalue weighted by Gasteiger charge is -2.35. The molecule has 1 saturated carbocycles. The number of amides is 3. The van der Waals surface area contributed by atoms with Crippen LogP contribution in [0.3, 0.4) is 0 Å². The molecule has 0 spiro atoms. The molecule has 1 heterocycles. The topological polar surface area (TPSA) is 111 Å². The number of thiophene rings is 1. The molecule has 1 aliphatic carbocycles. The van der Waals surface area contributed by atoms with Gasteiger partial charge in [-0.25, -0.2) is 0 Å². The summed E-state index contributed by atoms with van der Waals surface area (Å²) in [6.07, 6.45) is 3.25. The number of ether oxygens (including phenoxy) is 2. The number of halogens is 1. The van der Waals surface area contributed by atoms with Crippen LogP contribution in [0.25, 0.3) is 0 Å². The Balaban J connectivity index is 1.53. The summed E-state index contributed by atoms with van der Waals surface area (Å²) >= 11 is 7.62. The lowest BCUT2D eigenvalue weighted by Crippen LogP contribution is -2.45. The molecule has 0 atom stereocenters. The van der Waals surface area contributed by atoms with Crippen LogP contribution in [0.1, 0.15) is 51.3 Å². The van der Waals surface area contributed by atoms with Crippen LogP contribution >= 0.6 is 22.9 Å². The number of rotatable bonds is 8. The second-order valence-corrected chi connectivity index (χ2v) is 9.29. The molecule has 3 amide bonds. The van der Waals surface area contributed by atoms with E-state index in [1.54, 1.807) is 29.5 Å². The SMILES string of the molecule is COc1ccc(CC(=O)N(C)C2CCC(NC(=O)c3cc(C(N)=O)cs3)CC2)c(Cl)c1OC. The number of nitrogens with one attached hydrogen (secondary N) is 1. The second-order valence-electron chi connectivity index (χ2n) is 8.00. The highest BCUT2D eigenvalue weighted by molar-refractivity contribution is 7.12. The number of primary amides is 1. The molecule has 2 aromatic rings. The summed E-state index contributed by atoms with van der Waals surface area (Å²) in [5, 5.41) is 4.98. The van der Waals surface area contributed by atoms with Gasteiger partial charge < -0.3 is 25.4 Å². The number of likely N-dealkylation sites (N-methyl/N-ethyl adjacent to an activating group) is 1. The van der Waals surface area contributed by atoms with Gasteiger partial charge in [-0.15, -0.1) is 11.3 Å². The Labute approximate surface area is 202 Å². The quantitative estimate of drug-likeness (QED) is 0.586. The number of carbonyl (C=O) groups is 3. The average Bonchev–Trinajstić information content (AvgIpc) is 3.31. The van der Waals surface area contributed by atoms with Crippen LogP contribution in [-0.4, -0.2) is 56.0 Å². The minimum absolute atomic E-state index is 0.0247. The average molecular weight is 494 g/mol. The molecule has 1 aromatic carbocycles. The molecule has 1 fully saturated rings. The van der Waals surface area contributed by atoms with Crippen molar-refractivity contribution in [3.8, 4) is 11.5 Å². The summed E-state index contributed by atoms with van der Waals surface area (Å²) in [4.78, 5) is 38.8. The highest BCUT2D eigenvalue weighted by Crippen LogP contribution is 2.37. The summed E-state index contributed by atoms with van der Waals surface area (Å²) in [6, 6.07) is 5.14. The van der Waals surface area contributed by atoms with Crippen molar-refractivity contribution in [2.75, 3.05) is 21.3 Å². The highest BCUT2D eigenvalue weighted by Gasteiger charge is 2.28. The molecular weight excluding hydrogens is 466 g/mol. The monoisotopic (exact) mass is 493 g/mol. The van der Waals surface area contributed by atoms with E-state index < -0.39 is 5.91 Å². The van der Waals surface area contributed by atoms with E-state index >= 15 is 0 Å². The van der Waals surface area contributed by atoms with Crippen molar-refractivity contribution >= 4 is 40.7 Å². The molecule has 0 unspecified atom stereocenters. The molecule has 0 saturated heterocycles. The molecule has 3 N–H and O–H groups in total. The van der Waals surface area contributed by atoms with Gasteiger partial charge in [-0.3, -0.25) is 14.4 Å². The third-order valence-corrected chi connectivity index (χ3v) is 7.33. The Kier molecular flexibility index (Phi) is 8.20. The first-order valence-electron chi connectivity index (χ1n) is 10.6. The maximum atomic E-state index is 12.9. The summed E-state index contributed by atoms with van der Waals surface area (Å²) in [6.45, 7) is 0. The van der Waals surface area contributed by atoms with Gasteiger partial charge in [-0.1, -0.05) is 17.7 Å². The molecular formula is C23H28ClN3O5S. The number of carbonyl (C=O) groups excluding carboxylic acids is 3. The Morgan fingerprint density at radius 2 is 1.88 bits per heavy atom. The fraction of sp³-hybridized carbons (Fsp3) is 0.435. The van der Waals surface area contributed by atoms with Crippen molar-refractivity contribution in [2.45, 2.75) is 44.2 Å². The van der Waals surface area contributed by atoms with E-state index in [4.69, 9.17) is 26.8 Å². The Bertz CT molecular complexity index is 1030. The van der Waals surface area contributed by atoms with Gasteiger partial charge in [0, 0.05) is 24.5 Å². The fourth-order valence-electron chi connectivity index (χ4n) is 4.01. The molecule has 0 aliphatic heterocycles. The summed E-state index contributed by atoms with van der Waals surface area (Å²) in [7, 11) is 4.84. The van der Waals surface area contributed by atoms with Crippen molar-refractivity contribution in [1.82, 2.24) is 10.2 Å². The Morgan fingerprint density at radius 3 is 2.45 bits per heavy atom. The minimum Gasteiger partial charge on any atom is -0.493 e. The van der Waals surface area contributed by atoms with E-state index in [2.05, 4.69) is 5.32 Å². The van der Waals surface area contributed by atoms with Crippen LogP contribution < -0.4 is 20.5 Å². The minimum atomic E-state index is -0.548. The third kappa shape index (κ3) is 5.78. The van der Waals surface area contributed by atoms with Gasteiger partial charge in [0.15, 0.2) is 11.5 Å². The Morgan fingerprint density at radius 1 is 1.18 bits per heavy atom. The molecule has 8 nitrogen and oxygen atoms in total. The van der Waals surface area contributed by atoms with Gasteiger partial charge in [-0.05, 0) is 43.4 Å². The van der Waals surface area contributed by atoms with Crippen molar-refractivity contribution in [3.63, 3.8) is 0 Å². The van der Waals surface area contributed by atoms with Gasteiger partial charge in [0.25, 0.3) is 5.91 Å². The van der Waals surface area contributed by atoms with Gasteiger partial charge >= 0.3 is 0 Å². The first-order valence-corrected chi connectivity index (χ1v) is 11.8. The number of methoxy groups -OCH3 is 2. The van der Waals surface area contributed by atoms with Gasteiger partial charge in [0.05, 0.1) is 36.1 Å². The van der Waals surface area contributed by atoms with E-state index in [0.29, 0.717) is 32.5 Å². The van der Waals surface area contributed by atoms with Crippen LogP contribution in [0.2, 0.25) is 5.02 Å². The zero-order valence-corrected chi connectivity index (χ0v) is 20.4. The first-order chi connectivity index (χ1) is 15.7. The largest absolute Gasteiger partial charge is 0.493 e. The number of nitrogens with two attached hydrogens (primary N) is 1. The van der Waals surface area contributed by atoms with Gasteiger partial charge in [-0.2, -0.15) is 0 Å². The van der Waals surface area contributed by atoms with Crippen LogP contribution in [0.5, 0.6) is 11.5 Å². The van der Waals surface area contributed by atoms with E-state index in [1.807, 2.05) is 0 Å². The maximum Gasteiger partial charge on any atom is 0.261 e. The number of hydrogen-bond donors (Lipinski definition) is 2. The van der Waals surface area contributed by atoms with Crippen LogP contribution in [0.4, 0.5) is 0 Å². The van der Waals surface area contributed by atoms with E-state index in [-0.39, 0.29) is 30.3 Å². The van der Waals surface area contributed by atoms with Crippen molar-refractivity contribution in [1.29, 1.82) is 0 Å². The van der Waals surface area contributed by atoms with Crippen LogP contribution in [-0.2, 0) is 11.2 Å². The molecule has 10 heteroatoms. The van der Waals surface area contributed by atoms with E-state index in [1.165, 1.54) is 31.6 Å². The van der Waals surface area contributed by atoms with Gasteiger partial charge in [0.1, 0.15) is 0 Å². The van der Waals surface area contributed by atoms with E-state index in [9.17, 15) is 14.4 Å². The summed E-state index contributed by atoms with van der Waals surface area (Å²) in [5.74, 6) is 0.142. The van der Waals surface area contributed by atoms with Crippen molar-refractivity contribution in [2.24, 2.45) is 5.73 Å². The maximum absolute atomic E-state index is 12.9. The first kappa shape index (κ1) is 24.9. The lowest BCUT2D eigenvalue weighted by atomic mass is 9.90. The number of hydrogen-bond acceptors (Lipinski definition) is 6. The molecule has 0 radical (unpaired) electrons. The molecule has 3 rings (SSSR count). The fourth-order valence-corrected chi connectivity index (χ4v) is 5.11. The normalized spacial score (nSPS) is 17.8. The molecule has 0 bridgehead atoms. The van der Waals surface area contributed by atoms with Crippen LogP contribution in [0, 0.1) is 0 Å².